The van der Waals surface area contributed by atoms with Crippen molar-refractivity contribution in [3.05, 3.63) is 33.3 Å². The van der Waals surface area contributed by atoms with Gasteiger partial charge in [-0.15, -0.1) is 0 Å². The standard InChI is InChI=1S/C18H18Cl2O3/c1-3-5-18-6-4-12(22)8-13(18)15-11(9-18)7-14(23-10(2)21)16(19)17(15)20/h7-8H,3-6,9H2,1-2H3/t18-/m1/s1. The molecule has 23 heavy (non-hydrogen) atoms. The minimum absolute atomic E-state index is 0.0488. The summed E-state index contributed by atoms with van der Waals surface area (Å²) < 4.78 is 5.18. The smallest absolute Gasteiger partial charge is 0.308 e. The summed E-state index contributed by atoms with van der Waals surface area (Å²) in [5, 5.41) is 0.603. The summed E-state index contributed by atoms with van der Waals surface area (Å²) >= 11 is 12.8. The van der Waals surface area contributed by atoms with Gasteiger partial charge in [0.25, 0.3) is 0 Å². The Hall–Kier alpha value is -1.32. The Balaban J connectivity index is 2.17. The maximum Gasteiger partial charge on any atom is 0.308 e. The second kappa shape index (κ2) is 5.95. The first kappa shape index (κ1) is 16.5. The molecule has 5 heteroatoms. The van der Waals surface area contributed by atoms with Crippen molar-refractivity contribution in [1.82, 2.24) is 0 Å². The first-order valence-corrected chi connectivity index (χ1v) is 8.58. The third-order valence-corrected chi connectivity index (χ3v) is 5.61. The average molecular weight is 353 g/mol. The van der Waals surface area contributed by atoms with Crippen LogP contribution in [-0.2, 0) is 16.0 Å². The molecule has 0 bridgehead atoms. The van der Waals surface area contributed by atoms with Gasteiger partial charge >= 0.3 is 5.97 Å². The van der Waals surface area contributed by atoms with Gasteiger partial charge in [0, 0.05) is 24.3 Å². The molecule has 0 amide bonds. The second-order valence-electron chi connectivity index (χ2n) is 6.36. The maximum atomic E-state index is 11.9. The number of hydrogen-bond acceptors (Lipinski definition) is 3. The molecule has 0 radical (unpaired) electrons. The molecule has 3 nitrogen and oxygen atoms in total. The lowest BCUT2D eigenvalue weighted by molar-refractivity contribution is -0.131. The lowest BCUT2D eigenvalue weighted by Crippen LogP contribution is -2.25. The van der Waals surface area contributed by atoms with Crippen molar-refractivity contribution >= 4 is 40.5 Å². The topological polar surface area (TPSA) is 43.4 Å². The summed E-state index contributed by atoms with van der Waals surface area (Å²) in [7, 11) is 0. The van der Waals surface area contributed by atoms with Crippen molar-refractivity contribution < 1.29 is 14.3 Å². The highest BCUT2D eigenvalue weighted by molar-refractivity contribution is 6.44. The lowest BCUT2D eigenvalue weighted by Gasteiger charge is -2.33. The molecule has 0 aliphatic heterocycles. The van der Waals surface area contributed by atoms with Gasteiger partial charge in [-0.25, -0.2) is 0 Å². The zero-order valence-corrected chi connectivity index (χ0v) is 14.7. The van der Waals surface area contributed by atoms with Crippen LogP contribution in [-0.4, -0.2) is 11.8 Å². The van der Waals surface area contributed by atoms with Gasteiger partial charge in [-0.2, -0.15) is 0 Å². The van der Waals surface area contributed by atoms with E-state index in [-0.39, 0.29) is 16.2 Å². The largest absolute Gasteiger partial charge is 0.425 e. The Morgan fingerprint density at radius 1 is 1.35 bits per heavy atom. The second-order valence-corrected chi connectivity index (χ2v) is 7.12. The number of esters is 1. The van der Waals surface area contributed by atoms with E-state index in [1.807, 2.05) is 0 Å². The number of hydrogen-bond donors (Lipinski definition) is 0. The SMILES string of the molecule is CCC[C@]12CCC(=O)C=C1c1c(cc(OC(C)=O)c(Cl)c1Cl)C2. The van der Waals surface area contributed by atoms with Gasteiger partial charge in [0.1, 0.15) is 5.02 Å². The highest BCUT2D eigenvalue weighted by Gasteiger charge is 2.45. The number of allylic oxidation sites excluding steroid dienone is 2. The Morgan fingerprint density at radius 2 is 2.09 bits per heavy atom. The predicted molar refractivity (Wildman–Crippen MR) is 91.0 cm³/mol. The van der Waals surface area contributed by atoms with Gasteiger partial charge in [0.15, 0.2) is 11.5 Å². The predicted octanol–water partition coefficient (Wildman–Crippen LogP) is 5.01. The number of benzene rings is 1. The van der Waals surface area contributed by atoms with Crippen LogP contribution < -0.4 is 4.74 Å². The van der Waals surface area contributed by atoms with Crippen molar-refractivity contribution in [1.29, 1.82) is 0 Å². The first-order chi connectivity index (χ1) is 10.9. The molecule has 2 aliphatic carbocycles. The monoisotopic (exact) mass is 352 g/mol. The third kappa shape index (κ3) is 2.70. The van der Waals surface area contributed by atoms with E-state index in [0.717, 1.165) is 42.4 Å². The molecular formula is C18H18Cl2O3. The molecule has 0 fully saturated rings. The molecule has 1 atom stereocenters. The fourth-order valence-electron chi connectivity index (χ4n) is 3.91. The number of ether oxygens (including phenoxy) is 1. The van der Waals surface area contributed by atoms with Crippen LogP contribution >= 0.6 is 23.2 Å². The van der Waals surface area contributed by atoms with Crippen LogP contribution in [0.4, 0.5) is 0 Å². The fourth-order valence-corrected chi connectivity index (χ4v) is 4.41. The van der Waals surface area contributed by atoms with E-state index < -0.39 is 5.97 Å². The highest BCUT2D eigenvalue weighted by atomic mass is 35.5. The van der Waals surface area contributed by atoms with Crippen molar-refractivity contribution in [2.45, 2.75) is 46.0 Å². The molecule has 2 aliphatic rings. The van der Waals surface area contributed by atoms with E-state index in [1.165, 1.54) is 6.92 Å². The Morgan fingerprint density at radius 3 is 2.74 bits per heavy atom. The number of ketones is 1. The van der Waals surface area contributed by atoms with E-state index in [4.69, 9.17) is 27.9 Å². The number of carbonyl (C=O) groups excluding carboxylic acids is 2. The first-order valence-electron chi connectivity index (χ1n) is 7.82. The van der Waals surface area contributed by atoms with Crippen molar-refractivity contribution in [2.24, 2.45) is 5.41 Å². The quantitative estimate of drug-likeness (QED) is 0.567. The zero-order valence-electron chi connectivity index (χ0n) is 13.2. The molecule has 0 saturated carbocycles. The molecule has 1 aromatic carbocycles. The molecule has 0 aromatic heterocycles. The molecule has 122 valence electrons. The molecule has 1 aromatic rings. The molecule has 0 spiro atoms. The van der Waals surface area contributed by atoms with Gasteiger partial charge < -0.3 is 4.74 Å². The summed E-state index contributed by atoms with van der Waals surface area (Å²) in [5.41, 5.74) is 2.82. The maximum absolute atomic E-state index is 11.9. The molecule has 0 unspecified atom stereocenters. The van der Waals surface area contributed by atoms with Crippen LogP contribution in [0.3, 0.4) is 0 Å². The summed E-state index contributed by atoms with van der Waals surface area (Å²) in [6.45, 7) is 3.47. The highest BCUT2D eigenvalue weighted by Crippen LogP contribution is 2.58. The summed E-state index contributed by atoms with van der Waals surface area (Å²) in [6.07, 6.45) is 5.97. The average Bonchev–Trinajstić information content (AvgIpc) is 2.78. The molecule has 3 rings (SSSR count). The molecule has 0 heterocycles. The van der Waals surface area contributed by atoms with Crippen molar-refractivity contribution in [3.8, 4) is 5.75 Å². The van der Waals surface area contributed by atoms with Crippen LogP contribution in [0.1, 0.15) is 50.7 Å². The van der Waals surface area contributed by atoms with Crippen LogP contribution in [0.15, 0.2) is 12.1 Å². The van der Waals surface area contributed by atoms with Crippen LogP contribution in [0, 0.1) is 5.41 Å². The molecule has 0 saturated heterocycles. The van der Waals surface area contributed by atoms with Gasteiger partial charge in [0.2, 0.25) is 0 Å². The lowest BCUT2D eigenvalue weighted by atomic mass is 9.70. The van der Waals surface area contributed by atoms with Gasteiger partial charge in [-0.05, 0) is 42.5 Å². The van der Waals surface area contributed by atoms with Gasteiger partial charge in [0.05, 0.1) is 5.02 Å². The Kier molecular flexibility index (Phi) is 4.28. The van der Waals surface area contributed by atoms with Crippen LogP contribution in [0.2, 0.25) is 10.0 Å². The summed E-state index contributed by atoms with van der Waals surface area (Å²) in [6, 6.07) is 1.80. The van der Waals surface area contributed by atoms with Gasteiger partial charge in [-0.3, -0.25) is 9.59 Å². The Bertz CT molecular complexity index is 736. The van der Waals surface area contributed by atoms with Gasteiger partial charge in [-0.1, -0.05) is 36.5 Å². The minimum atomic E-state index is -0.434. The number of rotatable bonds is 3. The van der Waals surface area contributed by atoms with E-state index in [9.17, 15) is 9.59 Å². The van der Waals surface area contributed by atoms with E-state index in [2.05, 4.69) is 6.92 Å². The van der Waals surface area contributed by atoms with E-state index in [0.29, 0.717) is 17.2 Å². The minimum Gasteiger partial charge on any atom is -0.425 e. The fraction of sp³-hybridized carbons (Fsp3) is 0.444. The Labute approximate surface area is 145 Å². The van der Waals surface area contributed by atoms with Crippen LogP contribution in [0.25, 0.3) is 5.57 Å². The van der Waals surface area contributed by atoms with Crippen molar-refractivity contribution in [3.63, 3.8) is 0 Å². The number of carbonyl (C=O) groups is 2. The normalized spacial score (nSPS) is 22.4. The summed E-state index contributed by atoms with van der Waals surface area (Å²) in [5.74, 6) is -0.00744. The zero-order chi connectivity index (χ0) is 16.8. The number of fused-ring (bicyclic) bond motifs is 3. The van der Waals surface area contributed by atoms with E-state index >= 15 is 0 Å². The third-order valence-electron chi connectivity index (χ3n) is 4.76. The molecular weight excluding hydrogens is 335 g/mol. The molecule has 0 N–H and O–H groups in total. The van der Waals surface area contributed by atoms with E-state index in [1.54, 1.807) is 12.1 Å². The number of halogens is 2. The van der Waals surface area contributed by atoms with Crippen molar-refractivity contribution in [2.75, 3.05) is 0 Å². The summed E-state index contributed by atoms with van der Waals surface area (Å²) in [4.78, 5) is 23.2. The van der Waals surface area contributed by atoms with Crippen LogP contribution in [0.5, 0.6) is 5.75 Å².